The van der Waals surface area contributed by atoms with Crippen molar-refractivity contribution in [3.05, 3.63) is 40.7 Å². The normalized spacial score (nSPS) is 10.4. The van der Waals surface area contributed by atoms with Crippen molar-refractivity contribution in [3.8, 4) is 0 Å². The Morgan fingerprint density at radius 3 is 2.94 bits per heavy atom. The van der Waals surface area contributed by atoms with Gasteiger partial charge in [-0.25, -0.2) is 9.97 Å². The van der Waals surface area contributed by atoms with Crippen LogP contribution in [0.1, 0.15) is 22.0 Å². The average molecular weight is 266 g/mol. The standard InChI is InChI=1S/C11H12ClN5O/c1-7-14-9(16-15-7)6-17(2)11(18)8-4-3-5-13-10(8)12/h3-5H,6H2,1-2H3,(H,14,15,16). The minimum absolute atomic E-state index is 0.195. The summed E-state index contributed by atoms with van der Waals surface area (Å²) in [6, 6.07) is 3.31. The van der Waals surface area contributed by atoms with Crippen LogP contribution in [-0.2, 0) is 6.54 Å². The van der Waals surface area contributed by atoms with E-state index in [1.54, 1.807) is 26.1 Å². The third-order valence-corrected chi connectivity index (χ3v) is 2.66. The molecule has 6 nitrogen and oxygen atoms in total. The van der Waals surface area contributed by atoms with Crippen LogP contribution in [0.3, 0.4) is 0 Å². The number of pyridine rings is 1. The number of amides is 1. The fourth-order valence-corrected chi connectivity index (χ4v) is 1.70. The Labute approximate surface area is 109 Å². The van der Waals surface area contributed by atoms with Crippen LogP contribution in [0.2, 0.25) is 5.15 Å². The molecule has 2 aromatic rings. The lowest BCUT2D eigenvalue weighted by Crippen LogP contribution is -2.27. The van der Waals surface area contributed by atoms with E-state index in [1.165, 1.54) is 11.1 Å². The molecule has 0 aliphatic carbocycles. The number of nitrogens with zero attached hydrogens (tertiary/aromatic N) is 4. The summed E-state index contributed by atoms with van der Waals surface area (Å²) >= 11 is 5.87. The molecule has 2 heterocycles. The van der Waals surface area contributed by atoms with Crippen molar-refractivity contribution in [1.29, 1.82) is 0 Å². The van der Waals surface area contributed by atoms with Gasteiger partial charge in [0.25, 0.3) is 5.91 Å². The first-order valence-corrected chi connectivity index (χ1v) is 5.69. The van der Waals surface area contributed by atoms with Gasteiger partial charge in [-0.15, -0.1) is 0 Å². The second-order valence-corrected chi connectivity index (χ2v) is 4.20. The van der Waals surface area contributed by atoms with Gasteiger partial charge >= 0.3 is 0 Å². The monoisotopic (exact) mass is 265 g/mol. The first-order chi connectivity index (χ1) is 8.58. The Hall–Kier alpha value is -1.95. The third kappa shape index (κ3) is 2.65. The summed E-state index contributed by atoms with van der Waals surface area (Å²) in [6.45, 7) is 2.12. The van der Waals surface area contributed by atoms with Gasteiger partial charge in [-0.2, -0.15) is 5.10 Å². The van der Waals surface area contributed by atoms with Gasteiger partial charge in [0.2, 0.25) is 0 Å². The number of carbonyl (C=O) groups is 1. The van der Waals surface area contributed by atoms with Crippen LogP contribution in [0.15, 0.2) is 18.3 Å². The van der Waals surface area contributed by atoms with Crippen LogP contribution in [0.4, 0.5) is 0 Å². The maximum absolute atomic E-state index is 12.1. The predicted molar refractivity (Wildman–Crippen MR) is 66.2 cm³/mol. The van der Waals surface area contributed by atoms with Gasteiger partial charge in [-0.1, -0.05) is 11.6 Å². The first kappa shape index (κ1) is 12.5. The number of hydrogen-bond acceptors (Lipinski definition) is 4. The summed E-state index contributed by atoms with van der Waals surface area (Å²) in [6.07, 6.45) is 1.54. The molecule has 0 saturated heterocycles. The lowest BCUT2D eigenvalue weighted by Gasteiger charge is -2.15. The van der Waals surface area contributed by atoms with E-state index in [-0.39, 0.29) is 11.1 Å². The molecule has 0 saturated carbocycles. The number of carbonyl (C=O) groups excluding carboxylic acids is 1. The van der Waals surface area contributed by atoms with Gasteiger partial charge in [0.05, 0.1) is 12.1 Å². The highest BCUT2D eigenvalue weighted by Gasteiger charge is 2.16. The van der Waals surface area contributed by atoms with Crippen LogP contribution >= 0.6 is 11.6 Å². The zero-order chi connectivity index (χ0) is 13.1. The van der Waals surface area contributed by atoms with Gasteiger partial charge < -0.3 is 4.90 Å². The van der Waals surface area contributed by atoms with Crippen LogP contribution in [0, 0.1) is 6.92 Å². The lowest BCUT2D eigenvalue weighted by molar-refractivity contribution is 0.0781. The second-order valence-electron chi connectivity index (χ2n) is 3.84. The van der Waals surface area contributed by atoms with Crippen molar-refractivity contribution < 1.29 is 4.79 Å². The molecule has 0 atom stereocenters. The molecule has 1 N–H and O–H groups in total. The van der Waals surface area contributed by atoms with Crippen molar-refractivity contribution in [3.63, 3.8) is 0 Å². The summed E-state index contributed by atoms with van der Waals surface area (Å²) in [5.41, 5.74) is 0.369. The molecule has 0 aliphatic rings. The van der Waals surface area contributed by atoms with Crippen LogP contribution in [-0.4, -0.2) is 38.0 Å². The summed E-state index contributed by atoms with van der Waals surface area (Å²) in [4.78, 5) is 21.6. The van der Waals surface area contributed by atoms with Crippen molar-refractivity contribution >= 4 is 17.5 Å². The van der Waals surface area contributed by atoms with Gasteiger partial charge in [0, 0.05) is 13.2 Å². The molecule has 0 aromatic carbocycles. The summed E-state index contributed by atoms with van der Waals surface area (Å²) < 4.78 is 0. The molecule has 0 unspecified atom stereocenters. The predicted octanol–water partition coefficient (Wildman–Crippen LogP) is 1.43. The number of H-pyrrole nitrogens is 1. The van der Waals surface area contributed by atoms with Gasteiger partial charge in [0.15, 0.2) is 5.82 Å². The van der Waals surface area contributed by atoms with Gasteiger partial charge in [-0.05, 0) is 19.1 Å². The molecule has 0 aliphatic heterocycles. The van der Waals surface area contributed by atoms with E-state index in [0.29, 0.717) is 23.8 Å². The lowest BCUT2D eigenvalue weighted by atomic mass is 10.2. The SMILES string of the molecule is Cc1nc(CN(C)C(=O)c2cccnc2Cl)n[nH]1. The largest absolute Gasteiger partial charge is 0.334 e. The Bertz CT molecular complexity index is 568. The number of rotatable bonds is 3. The van der Waals surface area contributed by atoms with E-state index in [0.717, 1.165) is 0 Å². The number of aromatic amines is 1. The number of aryl methyl sites for hydroxylation is 1. The molecule has 2 rings (SSSR count). The average Bonchev–Trinajstić information content (AvgIpc) is 2.74. The number of aromatic nitrogens is 4. The van der Waals surface area contributed by atoms with Crippen molar-refractivity contribution in [1.82, 2.24) is 25.1 Å². The molecule has 0 radical (unpaired) electrons. The van der Waals surface area contributed by atoms with Crippen LogP contribution in [0.25, 0.3) is 0 Å². The fraction of sp³-hybridized carbons (Fsp3) is 0.273. The summed E-state index contributed by atoms with van der Waals surface area (Å²) in [7, 11) is 1.66. The quantitative estimate of drug-likeness (QED) is 0.852. The van der Waals surface area contributed by atoms with E-state index in [9.17, 15) is 4.79 Å². The zero-order valence-corrected chi connectivity index (χ0v) is 10.8. The summed E-state index contributed by atoms with van der Waals surface area (Å²) in [5, 5.41) is 6.90. The highest BCUT2D eigenvalue weighted by molar-refractivity contribution is 6.32. The van der Waals surface area contributed by atoms with E-state index < -0.39 is 0 Å². The molecular formula is C11H12ClN5O. The van der Waals surface area contributed by atoms with Crippen LogP contribution in [0.5, 0.6) is 0 Å². The smallest absolute Gasteiger partial charge is 0.257 e. The minimum Gasteiger partial charge on any atom is -0.334 e. The van der Waals surface area contributed by atoms with Gasteiger partial charge in [0.1, 0.15) is 11.0 Å². The van der Waals surface area contributed by atoms with Gasteiger partial charge in [-0.3, -0.25) is 9.89 Å². The molecule has 0 spiro atoms. The second kappa shape index (κ2) is 5.14. The molecule has 94 valence electrons. The topological polar surface area (TPSA) is 74.8 Å². The van der Waals surface area contributed by atoms with E-state index >= 15 is 0 Å². The maximum Gasteiger partial charge on any atom is 0.257 e. The third-order valence-electron chi connectivity index (χ3n) is 2.36. The van der Waals surface area contributed by atoms with Crippen LogP contribution < -0.4 is 0 Å². The Kier molecular flexibility index (Phi) is 3.57. The molecule has 0 fully saturated rings. The molecule has 18 heavy (non-hydrogen) atoms. The molecular weight excluding hydrogens is 254 g/mol. The van der Waals surface area contributed by atoms with E-state index in [2.05, 4.69) is 20.2 Å². The fourth-order valence-electron chi connectivity index (χ4n) is 1.49. The molecule has 2 aromatic heterocycles. The number of nitrogens with one attached hydrogen (secondary N) is 1. The van der Waals surface area contributed by atoms with E-state index in [1.807, 2.05) is 0 Å². The van der Waals surface area contributed by atoms with Crippen molar-refractivity contribution in [2.24, 2.45) is 0 Å². The minimum atomic E-state index is -0.212. The highest BCUT2D eigenvalue weighted by atomic mass is 35.5. The van der Waals surface area contributed by atoms with Crippen molar-refractivity contribution in [2.45, 2.75) is 13.5 Å². The molecule has 7 heteroatoms. The first-order valence-electron chi connectivity index (χ1n) is 5.32. The maximum atomic E-state index is 12.1. The number of halogens is 1. The number of hydrogen-bond donors (Lipinski definition) is 1. The summed E-state index contributed by atoms with van der Waals surface area (Å²) in [5.74, 6) is 1.06. The Balaban J connectivity index is 2.12. The zero-order valence-electron chi connectivity index (χ0n) is 10.0. The highest BCUT2D eigenvalue weighted by Crippen LogP contribution is 2.14. The molecule has 1 amide bonds. The Morgan fingerprint density at radius 2 is 2.33 bits per heavy atom. The Morgan fingerprint density at radius 1 is 1.56 bits per heavy atom. The van der Waals surface area contributed by atoms with Crippen molar-refractivity contribution in [2.75, 3.05) is 7.05 Å². The molecule has 0 bridgehead atoms. The van der Waals surface area contributed by atoms with E-state index in [4.69, 9.17) is 11.6 Å².